The van der Waals surface area contributed by atoms with Gasteiger partial charge >= 0.3 is 5.97 Å². The smallest absolute Gasteiger partial charge is 0.303 e. The van der Waals surface area contributed by atoms with E-state index in [1.165, 1.54) is 0 Å². The second-order valence-electron chi connectivity index (χ2n) is 7.63. The monoisotopic (exact) mass is 407 g/mol. The summed E-state index contributed by atoms with van der Waals surface area (Å²) in [5.41, 5.74) is 5.43. The average molecular weight is 408 g/mol. The minimum absolute atomic E-state index is 0.0877. The number of carbonyl (C=O) groups excluding carboxylic acids is 1. The van der Waals surface area contributed by atoms with Crippen molar-refractivity contribution in [2.24, 2.45) is 5.10 Å². The minimum Gasteiger partial charge on any atom is -0.494 e. The highest BCUT2D eigenvalue weighted by Gasteiger charge is 2.20. The van der Waals surface area contributed by atoms with Crippen molar-refractivity contribution in [3.63, 3.8) is 0 Å². The third-order valence-electron chi connectivity index (χ3n) is 4.31. The Morgan fingerprint density at radius 2 is 2.14 bits per heavy atom. The van der Waals surface area contributed by atoms with Gasteiger partial charge in [-0.1, -0.05) is 13.8 Å². The first-order chi connectivity index (χ1) is 13.2. The van der Waals surface area contributed by atoms with Crippen molar-refractivity contribution in [1.82, 2.24) is 5.43 Å². The summed E-state index contributed by atoms with van der Waals surface area (Å²) in [6.45, 7) is 4.99. The number of thiol groups is 1. The summed E-state index contributed by atoms with van der Waals surface area (Å²) in [6, 6.07) is 5.74. The SMILES string of the molecule is CN1CCC/C(=N/NC(=O)CC(C)(C)S)c2ccc(OCCCC(=O)O)cc21. The predicted octanol–water partition coefficient (Wildman–Crippen LogP) is 3.08. The third-order valence-corrected chi connectivity index (χ3v) is 4.47. The molecule has 0 saturated carbocycles. The van der Waals surface area contributed by atoms with Crippen LogP contribution in [0.2, 0.25) is 0 Å². The van der Waals surface area contributed by atoms with Crippen LogP contribution in [0.5, 0.6) is 5.75 Å². The molecule has 154 valence electrons. The summed E-state index contributed by atoms with van der Waals surface area (Å²) in [4.78, 5) is 24.8. The number of carboxylic acid groups (broad SMARTS) is 1. The lowest BCUT2D eigenvalue weighted by Gasteiger charge is -2.20. The molecule has 8 heteroatoms. The normalized spacial score (nSPS) is 15.7. The second kappa shape index (κ2) is 9.82. The zero-order valence-electron chi connectivity index (χ0n) is 16.7. The van der Waals surface area contributed by atoms with Crippen LogP contribution in [0.15, 0.2) is 23.3 Å². The van der Waals surface area contributed by atoms with E-state index in [-0.39, 0.29) is 18.7 Å². The number of fused-ring (bicyclic) bond motifs is 1. The number of nitrogens with one attached hydrogen (secondary N) is 1. The fourth-order valence-electron chi connectivity index (χ4n) is 2.99. The maximum absolute atomic E-state index is 12.1. The highest BCUT2D eigenvalue weighted by Crippen LogP contribution is 2.30. The zero-order valence-corrected chi connectivity index (χ0v) is 17.6. The molecule has 0 atom stereocenters. The van der Waals surface area contributed by atoms with E-state index in [0.29, 0.717) is 18.8 Å². The number of amides is 1. The van der Waals surface area contributed by atoms with Crippen LogP contribution in [0.3, 0.4) is 0 Å². The molecule has 1 aliphatic heterocycles. The molecule has 0 spiro atoms. The summed E-state index contributed by atoms with van der Waals surface area (Å²) >= 11 is 4.38. The Morgan fingerprint density at radius 1 is 1.39 bits per heavy atom. The quantitative estimate of drug-likeness (QED) is 0.350. The number of hydrazone groups is 1. The number of hydrogen-bond donors (Lipinski definition) is 3. The number of hydrogen-bond acceptors (Lipinski definition) is 6. The molecule has 1 aromatic carbocycles. The first kappa shape index (κ1) is 22.1. The highest BCUT2D eigenvalue weighted by molar-refractivity contribution is 7.81. The van der Waals surface area contributed by atoms with Crippen molar-refractivity contribution < 1.29 is 19.4 Å². The molecule has 0 aliphatic carbocycles. The summed E-state index contributed by atoms with van der Waals surface area (Å²) < 4.78 is 5.30. The van der Waals surface area contributed by atoms with Crippen molar-refractivity contribution >= 4 is 35.9 Å². The van der Waals surface area contributed by atoms with Crippen molar-refractivity contribution in [3.8, 4) is 5.75 Å². The molecular weight excluding hydrogens is 378 g/mol. The van der Waals surface area contributed by atoms with Crippen LogP contribution in [0.1, 0.15) is 51.5 Å². The van der Waals surface area contributed by atoms with Gasteiger partial charge in [0.15, 0.2) is 0 Å². The first-order valence-electron chi connectivity index (χ1n) is 9.43. The molecule has 2 rings (SSSR count). The number of rotatable bonds is 8. The Morgan fingerprint density at radius 3 is 2.82 bits per heavy atom. The van der Waals surface area contributed by atoms with Crippen molar-refractivity contribution in [1.29, 1.82) is 0 Å². The van der Waals surface area contributed by atoms with Crippen molar-refractivity contribution in [3.05, 3.63) is 23.8 Å². The third kappa shape index (κ3) is 7.07. The van der Waals surface area contributed by atoms with Crippen LogP contribution in [0, 0.1) is 0 Å². The van der Waals surface area contributed by atoms with Crippen LogP contribution >= 0.6 is 12.6 Å². The Bertz CT molecular complexity index is 743. The molecule has 0 bridgehead atoms. The molecule has 1 aromatic rings. The molecule has 0 radical (unpaired) electrons. The van der Waals surface area contributed by atoms with Gasteiger partial charge in [0.1, 0.15) is 5.75 Å². The zero-order chi connectivity index (χ0) is 20.7. The van der Waals surface area contributed by atoms with Gasteiger partial charge in [-0.2, -0.15) is 17.7 Å². The Balaban J connectivity index is 2.13. The van der Waals surface area contributed by atoms with Gasteiger partial charge in [0, 0.05) is 48.5 Å². The Labute approximate surface area is 171 Å². The Kier molecular flexibility index (Phi) is 7.74. The number of anilines is 1. The molecule has 7 nitrogen and oxygen atoms in total. The first-order valence-corrected chi connectivity index (χ1v) is 9.88. The van der Waals surface area contributed by atoms with Crippen LogP contribution in [0.25, 0.3) is 0 Å². The fourth-order valence-corrected chi connectivity index (χ4v) is 3.14. The second-order valence-corrected chi connectivity index (χ2v) is 8.84. The maximum atomic E-state index is 12.1. The molecule has 0 saturated heterocycles. The highest BCUT2D eigenvalue weighted by atomic mass is 32.1. The van der Waals surface area contributed by atoms with E-state index in [4.69, 9.17) is 9.84 Å². The number of benzene rings is 1. The molecule has 1 amide bonds. The standard InChI is InChI=1S/C20H29N3O4S/c1-20(2,28)13-18(24)22-21-16-6-4-10-23(3)17-12-14(8-9-15(16)17)27-11-5-7-19(25)26/h8-9,12,28H,4-7,10-11,13H2,1-3H3,(H,22,24)(H,25,26)/b21-16-. The van der Waals surface area contributed by atoms with Crippen molar-refractivity contribution in [2.45, 2.75) is 50.7 Å². The number of ether oxygens (including phenoxy) is 1. The molecule has 28 heavy (non-hydrogen) atoms. The number of carbonyl (C=O) groups is 2. The molecule has 0 unspecified atom stereocenters. The van der Waals surface area contributed by atoms with Crippen LogP contribution in [0.4, 0.5) is 5.69 Å². The van der Waals surface area contributed by atoms with Gasteiger partial charge in [-0.15, -0.1) is 0 Å². The van der Waals surface area contributed by atoms with Crippen LogP contribution in [-0.2, 0) is 9.59 Å². The number of nitrogens with zero attached hydrogens (tertiary/aromatic N) is 2. The molecule has 0 fully saturated rings. The molecule has 2 N–H and O–H groups in total. The van der Waals surface area contributed by atoms with Gasteiger partial charge in [-0.05, 0) is 31.4 Å². The van der Waals surface area contributed by atoms with Gasteiger partial charge < -0.3 is 14.7 Å². The topological polar surface area (TPSA) is 91.2 Å². The number of aliphatic carboxylic acids is 1. The summed E-state index contributed by atoms with van der Waals surface area (Å²) in [5, 5.41) is 13.1. The lowest BCUT2D eigenvalue weighted by atomic mass is 10.1. The van der Waals surface area contributed by atoms with Gasteiger partial charge in [-0.25, -0.2) is 5.43 Å². The predicted molar refractivity (Wildman–Crippen MR) is 114 cm³/mol. The summed E-state index contributed by atoms with van der Waals surface area (Å²) in [5.74, 6) is -0.294. The molecule has 0 aromatic heterocycles. The minimum atomic E-state index is -0.825. The van der Waals surface area contributed by atoms with E-state index < -0.39 is 10.7 Å². The van der Waals surface area contributed by atoms with Gasteiger partial charge in [0.05, 0.1) is 12.3 Å². The Hall–Kier alpha value is -2.22. The fraction of sp³-hybridized carbons (Fsp3) is 0.550. The summed E-state index contributed by atoms with van der Waals surface area (Å²) in [7, 11) is 2.01. The van der Waals surface area contributed by atoms with E-state index in [0.717, 1.165) is 36.3 Å². The van der Waals surface area contributed by atoms with Gasteiger partial charge in [0.2, 0.25) is 5.91 Å². The van der Waals surface area contributed by atoms with Crippen LogP contribution in [-0.4, -0.2) is 47.6 Å². The summed E-state index contributed by atoms with van der Waals surface area (Å²) in [6.07, 6.45) is 2.52. The van der Waals surface area contributed by atoms with Gasteiger partial charge in [0.25, 0.3) is 0 Å². The van der Waals surface area contributed by atoms with E-state index in [2.05, 4.69) is 28.1 Å². The van der Waals surface area contributed by atoms with Gasteiger partial charge in [-0.3, -0.25) is 9.59 Å². The van der Waals surface area contributed by atoms with E-state index in [1.54, 1.807) is 0 Å². The van der Waals surface area contributed by atoms with Crippen LogP contribution < -0.4 is 15.1 Å². The maximum Gasteiger partial charge on any atom is 0.303 e. The largest absolute Gasteiger partial charge is 0.494 e. The lowest BCUT2D eigenvalue weighted by Crippen LogP contribution is -2.27. The van der Waals surface area contributed by atoms with E-state index >= 15 is 0 Å². The lowest BCUT2D eigenvalue weighted by molar-refractivity contribution is -0.137. The molecule has 1 aliphatic rings. The van der Waals surface area contributed by atoms with E-state index in [9.17, 15) is 9.59 Å². The average Bonchev–Trinajstić information content (AvgIpc) is 2.74. The van der Waals surface area contributed by atoms with Crippen molar-refractivity contribution in [2.75, 3.05) is 25.1 Å². The molecular formula is C20H29N3O4S. The number of carboxylic acids is 1. The molecule has 1 heterocycles. The van der Waals surface area contributed by atoms with E-state index in [1.807, 2.05) is 39.1 Å².